The van der Waals surface area contributed by atoms with Crippen molar-refractivity contribution < 1.29 is 38.1 Å². The van der Waals surface area contributed by atoms with Crippen molar-refractivity contribution in [2.24, 2.45) is 0 Å². The molecule has 2 N–H and O–H groups in total. The number of rotatable bonds is 13. The van der Waals surface area contributed by atoms with E-state index in [2.05, 4.69) is 25.6 Å². The Morgan fingerprint density at radius 1 is 0.732 bits per heavy atom. The zero-order valence-corrected chi connectivity index (χ0v) is 30.5. The van der Waals surface area contributed by atoms with Crippen LogP contribution in [0.1, 0.15) is 61.5 Å². The molecule has 1 fully saturated rings. The molecule has 2 aromatic heterocycles. The summed E-state index contributed by atoms with van der Waals surface area (Å²) in [6.07, 6.45) is -4.23. The van der Waals surface area contributed by atoms with Crippen LogP contribution in [0.4, 0.5) is 5.82 Å². The number of hydrogen-bond acceptors (Lipinski definition) is 12. The Morgan fingerprint density at radius 3 is 1.80 bits per heavy atom. The number of carbonyl (C=O) groups is 4. The second-order valence-corrected chi connectivity index (χ2v) is 12.8. The van der Waals surface area contributed by atoms with E-state index in [1.807, 2.05) is 60.7 Å². The van der Waals surface area contributed by atoms with Crippen LogP contribution in [0.25, 0.3) is 11.2 Å². The summed E-state index contributed by atoms with van der Waals surface area (Å²) < 4.78 is 24.8. The van der Waals surface area contributed by atoms with Crippen molar-refractivity contribution in [3.8, 4) is 0 Å². The lowest BCUT2D eigenvalue weighted by Gasteiger charge is -2.24. The molecule has 1 saturated heterocycles. The Bertz CT molecular complexity index is 2270. The highest BCUT2D eigenvalue weighted by Crippen LogP contribution is 2.37. The summed E-state index contributed by atoms with van der Waals surface area (Å²) in [5.74, 6) is -3.14. The Hall–Kier alpha value is -6.93. The van der Waals surface area contributed by atoms with Crippen LogP contribution in [0, 0.1) is 0 Å². The van der Waals surface area contributed by atoms with Gasteiger partial charge in [0, 0.05) is 19.0 Å². The Labute approximate surface area is 321 Å². The van der Waals surface area contributed by atoms with Crippen molar-refractivity contribution in [3.63, 3.8) is 0 Å². The molecule has 1 aliphatic rings. The van der Waals surface area contributed by atoms with Gasteiger partial charge >= 0.3 is 17.9 Å². The number of nitrogens with zero attached hydrogens (tertiary/aromatic N) is 4. The first-order valence-electron chi connectivity index (χ1n) is 18.0. The van der Waals surface area contributed by atoms with Gasteiger partial charge in [-0.2, -0.15) is 0 Å². The zero-order chi connectivity index (χ0) is 39.0. The lowest BCUT2D eigenvalue weighted by atomic mass is 9.91. The fourth-order valence-electron chi connectivity index (χ4n) is 6.54. The molecule has 0 radical (unpaired) electrons. The molecule has 14 nitrogen and oxygen atoms in total. The number of ether oxygens (including phenoxy) is 4. The van der Waals surface area contributed by atoms with Gasteiger partial charge in [0.15, 0.2) is 41.5 Å². The van der Waals surface area contributed by atoms with Crippen molar-refractivity contribution >= 4 is 40.8 Å². The van der Waals surface area contributed by atoms with E-state index < -0.39 is 48.4 Å². The molecule has 1 amide bonds. The van der Waals surface area contributed by atoms with Gasteiger partial charge in [-0.15, -0.1) is 0 Å². The first-order chi connectivity index (χ1) is 27.4. The normalized spacial score (nSPS) is 17.6. The molecule has 0 aliphatic carbocycles. The summed E-state index contributed by atoms with van der Waals surface area (Å²) in [5.41, 5.74) is 2.85. The number of benzene rings is 4. The minimum Gasteiger partial charge on any atom is -0.463 e. The van der Waals surface area contributed by atoms with E-state index in [1.165, 1.54) is 18.0 Å². The molecule has 1 aliphatic heterocycles. The van der Waals surface area contributed by atoms with Crippen molar-refractivity contribution in [1.29, 1.82) is 0 Å². The second-order valence-electron chi connectivity index (χ2n) is 12.8. The molecule has 6 aromatic rings. The van der Waals surface area contributed by atoms with Crippen LogP contribution in [-0.2, 0) is 23.7 Å². The summed E-state index contributed by atoms with van der Waals surface area (Å²) in [6.45, 7) is 2.32. The lowest BCUT2D eigenvalue weighted by molar-refractivity contribution is -0.137. The SMILES string of the molecule is CCNC(=O)[C@H]1O[C@@H](n2cnc3c(NCC(c4ccccc4)c4ccccc4)nc(C(=O)OC)nc32)[C@H](OC(=O)c2ccccc2)[C@@H]1OC(=O)c1ccccc1. The molecule has 284 valence electrons. The number of likely N-dealkylation sites (N-methyl/N-ethyl adjacent to an activating group) is 1. The first-order valence-corrected chi connectivity index (χ1v) is 18.0. The fraction of sp³-hybridized carbons (Fsp3) is 0.214. The molecule has 0 unspecified atom stereocenters. The molecule has 56 heavy (non-hydrogen) atoms. The first kappa shape index (κ1) is 37.4. The Balaban J connectivity index is 1.31. The van der Waals surface area contributed by atoms with Gasteiger partial charge < -0.3 is 29.6 Å². The van der Waals surface area contributed by atoms with Crippen LogP contribution in [0.15, 0.2) is 128 Å². The number of methoxy groups -OCH3 is 1. The molecule has 0 saturated carbocycles. The molecule has 4 aromatic carbocycles. The van der Waals surface area contributed by atoms with E-state index in [4.69, 9.17) is 18.9 Å². The van der Waals surface area contributed by atoms with Crippen molar-refractivity contribution in [3.05, 3.63) is 156 Å². The monoisotopic (exact) mass is 754 g/mol. The average Bonchev–Trinajstić information content (AvgIpc) is 3.83. The standard InChI is InChI=1S/C42H38N6O8/c1-3-43-38(49)33-32(55-40(50)28-20-12-6-13-21-28)34(56-41(51)29-22-14-7-15-23-29)39(54-33)48-25-45-31-35(46-36(42(52)53-2)47-37(31)48)44-24-30(26-16-8-4-9-17-26)27-18-10-5-11-19-27/h4-23,25,30,32-34,39H,3,24H2,1-2H3,(H,43,49)(H,44,46,47)/t32-,33+,34-,39-/m1/s1. The van der Waals surface area contributed by atoms with Gasteiger partial charge in [0.2, 0.25) is 5.82 Å². The number of nitrogens with one attached hydrogen (secondary N) is 2. The Morgan fingerprint density at radius 2 is 1.27 bits per heavy atom. The summed E-state index contributed by atoms with van der Waals surface area (Å²) in [4.78, 5) is 67.4. The van der Waals surface area contributed by atoms with E-state index >= 15 is 0 Å². The number of amides is 1. The molecule has 0 spiro atoms. The van der Waals surface area contributed by atoms with Gasteiger partial charge in [-0.05, 0) is 42.3 Å². The Kier molecular flexibility index (Phi) is 11.4. The largest absolute Gasteiger partial charge is 0.463 e. The summed E-state index contributed by atoms with van der Waals surface area (Å²) >= 11 is 0. The van der Waals surface area contributed by atoms with Crippen LogP contribution in [-0.4, -0.2) is 81.8 Å². The van der Waals surface area contributed by atoms with Gasteiger partial charge in [0.1, 0.15) is 0 Å². The third kappa shape index (κ3) is 7.95. The number of aromatic nitrogens is 4. The van der Waals surface area contributed by atoms with Crippen LogP contribution in [0.3, 0.4) is 0 Å². The maximum Gasteiger partial charge on any atom is 0.376 e. The third-order valence-electron chi connectivity index (χ3n) is 9.24. The van der Waals surface area contributed by atoms with E-state index in [1.54, 1.807) is 67.6 Å². The number of hydrogen-bond donors (Lipinski definition) is 2. The predicted octanol–water partition coefficient (Wildman–Crippen LogP) is 5.34. The smallest absolute Gasteiger partial charge is 0.376 e. The molecule has 14 heteroatoms. The summed E-state index contributed by atoms with van der Waals surface area (Å²) in [5, 5.41) is 6.09. The number of imidazole rings is 1. The number of fused-ring (bicyclic) bond motifs is 1. The highest BCUT2D eigenvalue weighted by atomic mass is 16.6. The minimum absolute atomic E-state index is 0.0920. The maximum absolute atomic E-state index is 13.7. The molecular formula is C42H38N6O8. The van der Waals surface area contributed by atoms with Gasteiger partial charge in [0.25, 0.3) is 5.91 Å². The van der Waals surface area contributed by atoms with Crippen molar-refractivity contribution in [2.45, 2.75) is 37.4 Å². The number of esters is 3. The van der Waals surface area contributed by atoms with Gasteiger partial charge in [-0.3, -0.25) is 9.36 Å². The van der Waals surface area contributed by atoms with Crippen molar-refractivity contribution in [2.75, 3.05) is 25.5 Å². The number of carbonyl (C=O) groups excluding carboxylic acids is 4. The molecule has 4 atom stereocenters. The van der Waals surface area contributed by atoms with Crippen LogP contribution in [0.5, 0.6) is 0 Å². The lowest BCUT2D eigenvalue weighted by Crippen LogP contribution is -2.46. The predicted molar refractivity (Wildman–Crippen MR) is 204 cm³/mol. The zero-order valence-electron chi connectivity index (χ0n) is 30.5. The molecule has 3 heterocycles. The van der Waals surface area contributed by atoms with Crippen LogP contribution < -0.4 is 10.6 Å². The molecular weight excluding hydrogens is 716 g/mol. The highest BCUT2D eigenvalue weighted by Gasteiger charge is 2.54. The highest BCUT2D eigenvalue weighted by molar-refractivity contribution is 5.92. The number of anilines is 1. The van der Waals surface area contributed by atoms with E-state index in [0.29, 0.717) is 6.54 Å². The average molecular weight is 755 g/mol. The van der Waals surface area contributed by atoms with Crippen molar-refractivity contribution in [1.82, 2.24) is 24.8 Å². The van der Waals surface area contributed by atoms with Gasteiger partial charge in [-0.1, -0.05) is 97.1 Å². The van der Waals surface area contributed by atoms with Gasteiger partial charge in [-0.25, -0.2) is 29.3 Å². The minimum atomic E-state index is -1.43. The molecule has 7 rings (SSSR count). The maximum atomic E-state index is 13.7. The fourth-order valence-corrected chi connectivity index (χ4v) is 6.54. The van der Waals surface area contributed by atoms with Crippen LogP contribution >= 0.6 is 0 Å². The van der Waals surface area contributed by atoms with E-state index in [-0.39, 0.29) is 46.4 Å². The van der Waals surface area contributed by atoms with Gasteiger partial charge in [0.05, 0.1) is 24.6 Å². The quantitative estimate of drug-likeness (QED) is 0.115. The van der Waals surface area contributed by atoms with E-state index in [0.717, 1.165) is 11.1 Å². The molecule has 0 bridgehead atoms. The topological polar surface area (TPSA) is 173 Å². The summed E-state index contributed by atoms with van der Waals surface area (Å²) in [7, 11) is 1.21. The third-order valence-corrected chi connectivity index (χ3v) is 9.24. The van der Waals surface area contributed by atoms with E-state index in [9.17, 15) is 19.2 Å². The van der Waals surface area contributed by atoms with Crippen LogP contribution in [0.2, 0.25) is 0 Å². The second kappa shape index (κ2) is 17.0. The summed E-state index contributed by atoms with van der Waals surface area (Å²) in [6, 6.07) is 36.3.